The molecule has 3 nitrogen and oxygen atoms in total. The molecule has 0 aliphatic heterocycles. The van der Waals surface area contributed by atoms with Crippen molar-refractivity contribution in [2.75, 3.05) is 5.32 Å². The standard InChI is InChI=1S/C15H14BrNO2/c1-9-10(2)14(18)8-7-13(9)17-15(19)11-5-3-4-6-12(11)16/h3-8,18H,1-2H3,(H,17,19). The van der Waals surface area contributed by atoms with E-state index in [1.165, 1.54) is 0 Å². The second kappa shape index (κ2) is 5.45. The van der Waals surface area contributed by atoms with Crippen LogP contribution in [-0.2, 0) is 0 Å². The monoisotopic (exact) mass is 319 g/mol. The number of halogens is 1. The second-order valence-corrected chi connectivity index (χ2v) is 5.17. The summed E-state index contributed by atoms with van der Waals surface area (Å²) >= 11 is 3.35. The van der Waals surface area contributed by atoms with Gasteiger partial charge in [0, 0.05) is 10.2 Å². The van der Waals surface area contributed by atoms with Gasteiger partial charge in [-0.1, -0.05) is 12.1 Å². The molecule has 0 aliphatic carbocycles. The first kappa shape index (κ1) is 13.6. The molecule has 0 aliphatic rings. The van der Waals surface area contributed by atoms with Gasteiger partial charge in [0.15, 0.2) is 0 Å². The summed E-state index contributed by atoms with van der Waals surface area (Å²) in [6.07, 6.45) is 0. The van der Waals surface area contributed by atoms with Gasteiger partial charge in [0.25, 0.3) is 5.91 Å². The third-order valence-electron chi connectivity index (χ3n) is 3.13. The highest BCUT2D eigenvalue weighted by molar-refractivity contribution is 9.10. The number of amides is 1. The highest BCUT2D eigenvalue weighted by Gasteiger charge is 2.12. The van der Waals surface area contributed by atoms with Crippen LogP contribution in [-0.4, -0.2) is 11.0 Å². The van der Waals surface area contributed by atoms with Crippen LogP contribution in [0.5, 0.6) is 5.75 Å². The van der Waals surface area contributed by atoms with Crippen molar-refractivity contribution in [3.05, 3.63) is 57.6 Å². The smallest absolute Gasteiger partial charge is 0.256 e. The third-order valence-corrected chi connectivity index (χ3v) is 3.82. The van der Waals surface area contributed by atoms with Crippen molar-refractivity contribution in [1.29, 1.82) is 0 Å². The lowest BCUT2D eigenvalue weighted by molar-refractivity contribution is 0.102. The minimum absolute atomic E-state index is 0.180. The number of hydrogen-bond donors (Lipinski definition) is 2. The van der Waals surface area contributed by atoms with Gasteiger partial charge in [-0.2, -0.15) is 0 Å². The Kier molecular flexibility index (Phi) is 3.90. The fraction of sp³-hybridized carbons (Fsp3) is 0.133. The van der Waals surface area contributed by atoms with Crippen LogP contribution in [0.3, 0.4) is 0 Å². The summed E-state index contributed by atoms with van der Waals surface area (Å²) in [5, 5.41) is 12.5. The number of benzene rings is 2. The lowest BCUT2D eigenvalue weighted by Crippen LogP contribution is -2.13. The number of nitrogens with one attached hydrogen (secondary N) is 1. The van der Waals surface area contributed by atoms with Crippen LogP contribution in [0.4, 0.5) is 5.69 Å². The highest BCUT2D eigenvalue weighted by Crippen LogP contribution is 2.27. The van der Waals surface area contributed by atoms with Crippen LogP contribution >= 0.6 is 15.9 Å². The van der Waals surface area contributed by atoms with Crippen LogP contribution in [0.1, 0.15) is 21.5 Å². The Bertz CT molecular complexity index is 638. The average Bonchev–Trinajstić information content (AvgIpc) is 2.40. The molecule has 4 heteroatoms. The predicted octanol–water partition coefficient (Wildman–Crippen LogP) is 4.02. The van der Waals surface area contributed by atoms with Crippen molar-refractivity contribution >= 4 is 27.5 Å². The molecule has 98 valence electrons. The first-order valence-corrected chi connectivity index (χ1v) is 6.65. The first-order valence-electron chi connectivity index (χ1n) is 5.85. The van der Waals surface area contributed by atoms with Gasteiger partial charge in [-0.05, 0) is 65.2 Å². The fourth-order valence-electron chi connectivity index (χ4n) is 1.78. The molecule has 0 saturated heterocycles. The quantitative estimate of drug-likeness (QED) is 0.821. The molecule has 0 fully saturated rings. The van der Waals surface area contributed by atoms with E-state index in [4.69, 9.17) is 0 Å². The Morgan fingerprint density at radius 1 is 1.11 bits per heavy atom. The van der Waals surface area contributed by atoms with Crippen LogP contribution in [0.25, 0.3) is 0 Å². The van der Waals surface area contributed by atoms with E-state index < -0.39 is 0 Å². The van der Waals surface area contributed by atoms with E-state index in [2.05, 4.69) is 21.2 Å². The van der Waals surface area contributed by atoms with Gasteiger partial charge in [0.1, 0.15) is 5.75 Å². The number of phenols is 1. The fourth-order valence-corrected chi connectivity index (χ4v) is 2.24. The largest absolute Gasteiger partial charge is 0.508 e. The molecule has 0 aromatic heterocycles. The Hall–Kier alpha value is -1.81. The van der Waals surface area contributed by atoms with Crippen molar-refractivity contribution in [1.82, 2.24) is 0 Å². The number of rotatable bonds is 2. The summed E-state index contributed by atoms with van der Waals surface area (Å²) in [5.74, 6) is 0.0528. The van der Waals surface area contributed by atoms with Gasteiger partial charge in [0.05, 0.1) is 5.56 Å². The van der Waals surface area contributed by atoms with Gasteiger partial charge in [-0.15, -0.1) is 0 Å². The number of carbonyl (C=O) groups is 1. The van der Waals surface area contributed by atoms with Gasteiger partial charge in [-0.3, -0.25) is 4.79 Å². The van der Waals surface area contributed by atoms with Crippen LogP contribution in [0, 0.1) is 13.8 Å². The molecule has 19 heavy (non-hydrogen) atoms. The maximum absolute atomic E-state index is 12.2. The second-order valence-electron chi connectivity index (χ2n) is 4.32. The lowest BCUT2D eigenvalue weighted by Gasteiger charge is -2.12. The molecule has 1 amide bonds. The SMILES string of the molecule is Cc1c(O)ccc(NC(=O)c2ccccc2Br)c1C. The number of carbonyl (C=O) groups excluding carboxylic acids is 1. The predicted molar refractivity (Wildman–Crippen MR) is 79.7 cm³/mol. The third kappa shape index (κ3) is 2.79. The maximum atomic E-state index is 12.2. The summed E-state index contributed by atoms with van der Waals surface area (Å²) < 4.78 is 0.751. The molecule has 2 aromatic rings. The minimum atomic E-state index is -0.180. The molecule has 0 bridgehead atoms. The maximum Gasteiger partial charge on any atom is 0.256 e. The topological polar surface area (TPSA) is 49.3 Å². The minimum Gasteiger partial charge on any atom is -0.508 e. The summed E-state index contributed by atoms with van der Waals surface area (Å²) in [6.45, 7) is 3.68. The van der Waals surface area contributed by atoms with Crippen molar-refractivity contribution < 1.29 is 9.90 Å². The van der Waals surface area contributed by atoms with Gasteiger partial charge in [0.2, 0.25) is 0 Å². The Morgan fingerprint density at radius 2 is 1.79 bits per heavy atom. The number of anilines is 1. The van der Waals surface area contributed by atoms with Crippen LogP contribution in [0.15, 0.2) is 40.9 Å². The number of phenolic OH excluding ortho intramolecular Hbond substituents is 1. The van der Waals surface area contributed by atoms with E-state index >= 15 is 0 Å². The van der Waals surface area contributed by atoms with Gasteiger partial charge >= 0.3 is 0 Å². The molecule has 0 heterocycles. The van der Waals surface area contributed by atoms with Crippen LogP contribution in [0.2, 0.25) is 0 Å². The molecule has 0 radical (unpaired) electrons. The Morgan fingerprint density at radius 3 is 2.47 bits per heavy atom. The van der Waals surface area contributed by atoms with Gasteiger partial charge in [-0.25, -0.2) is 0 Å². The number of hydrogen-bond acceptors (Lipinski definition) is 2. The zero-order chi connectivity index (χ0) is 14.0. The van der Waals surface area contributed by atoms with Gasteiger partial charge < -0.3 is 10.4 Å². The first-order chi connectivity index (χ1) is 9.00. The van der Waals surface area contributed by atoms with E-state index in [1.807, 2.05) is 32.0 Å². The van der Waals surface area contributed by atoms with E-state index in [0.29, 0.717) is 11.3 Å². The zero-order valence-electron chi connectivity index (χ0n) is 10.7. The summed E-state index contributed by atoms with van der Waals surface area (Å²) in [4.78, 5) is 12.2. The van der Waals surface area contributed by atoms with E-state index in [-0.39, 0.29) is 11.7 Å². The number of aromatic hydroxyl groups is 1. The van der Waals surface area contributed by atoms with Crippen molar-refractivity contribution in [2.24, 2.45) is 0 Å². The van der Waals surface area contributed by atoms with E-state index in [0.717, 1.165) is 15.6 Å². The lowest BCUT2D eigenvalue weighted by atomic mass is 10.1. The van der Waals surface area contributed by atoms with E-state index in [9.17, 15) is 9.90 Å². The Labute approximate surface area is 120 Å². The normalized spacial score (nSPS) is 10.3. The van der Waals surface area contributed by atoms with Crippen molar-refractivity contribution in [2.45, 2.75) is 13.8 Å². The summed E-state index contributed by atoms with van der Waals surface area (Å²) in [5.41, 5.74) is 2.91. The molecule has 0 spiro atoms. The van der Waals surface area contributed by atoms with Crippen molar-refractivity contribution in [3.63, 3.8) is 0 Å². The molecular formula is C15H14BrNO2. The molecule has 0 unspecified atom stereocenters. The zero-order valence-corrected chi connectivity index (χ0v) is 12.3. The highest BCUT2D eigenvalue weighted by atomic mass is 79.9. The molecular weight excluding hydrogens is 306 g/mol. The average molecular weight is 320 g/mol. The van der Waals surface area contributed by atoms with E-state index in [1.54, 1.807) is 18.2 Å². The molecule has 2 aromatic carbocycles. The van der Waals surface area contributed by atoms with Crippen molar-refractivity contribution in [3.8, 4) is 5.75 Å². The summed E-state index contributed by atoms with van der Waals surface area (Å²) in [6, 6.07) is 10.5. The Balaban J connectivity index is 2.30. The summed E-state index contributed by atoms with van der Waals surface area (Å²) in [7, 11) is 0. The molecule has 0 atom stereocenters. The molecule has 2 N–H and O–H groups in total. The molecule has 2 rings (SSSR count). The van der Waals surface area contributed by atoms with Crippen LogP contribution < -0.4 is 5.32 Å². The molecule has 0 saturated carbocycles.